The third-order valence-electron chi connectivity index (χ3n) is 3.06. The molecule has 0 unspecified atom stereocenters. The fraction of sp³-hybridized carbons (Fsp3) is 0. The van der Waals surface area contributed by atoms with Crippen molar-refractivity contribution in [3.05, 3.63) is 76.4 Å². The molecule has 0 saturated heterocycles. The lowest BCUT2D eigenvalue weighted by Crippen LogP contribution is -2.14. The van der Waals surface area contributed by atoms with Gasteiger partial charge in [-0.25, -0.2) is 0 Å². The Morgan fingerprint density at radius 1 is 0.833 bits per heavy atom. The molecule has 120 valence electrons. The maximum Gasteiger partial charge on any atom is 0.276 e. The van der Waals surface area contributed by atoms with E-state index in [-0.39, 0.29) is 5.69 Å². The maximum atomic E-state index is 12.2. The molecule has 1 amide bonds. The third-order valence-corrected chi connectivity index (χ3v) is 3.50. The molecule has 0 spiro atoms. The predicted molar refractivity (Wildman–Crippen MR) is 96.2 cm³/mol. The average molecular weight is 359 g/mol. The summed E-state index contributed by atoms with van der Waals surface area (Å²) in [6.07, 6.45) is 0. The number of anilines is 3. The summed E-state index contributed by atoms with van der Waals surface area (Å²) in [5.74, 6) is 0.149. The van der Waals surface area contributed by atoms with Crippen LogP contribution in [0.25, 0.3) is 0 Å². The summed E-state index contributed by atoms with van der Waals surface area (Å²) in [5, 5.41) is 14.6. The first-order chi connectivity index (χ1) is 11.6. The number of amides is 1. The first-order valence-electron chi connectivity index (χ1n) is 7.03. The van der Waals surface area contributed by atoms with Crippen LogP contribution < -0.4 is 10.6 Å². The van der Waals surface area contributed by atoms with Crippen molar-refractivity contribution in [3.63, 3.8) is 0 Å². The molecular weight excluding hydrogens is 347 g/mol. The fourth-order valence-electron chi connectivity index (χ4n) is 2.01. The van der Waals surface area contributed by atoms with Crippen LogP contribution in [0, 0.1) is 0 Å². The van der Waals surface area contributed by atoms with Crippen molar-refractivity contribution in [1.29, 1.82) is 0 Å². The maximum absolute atomic E-state index is 12.2. The summed E-state index contributed by atoms with van der Waals surface area (Å²) in [6.45, 7) is 0. The van der Waals surface area contributed by atoms with Gasteiger partial charge in [0.15, 0.2) is 11.5 Å². The van der Waals surface area contributed by atoms with Gasteiger partial charge in [-0.15, -0.1) is 10.2 Å². The number of rotatable bonds is 4. The number of halogens is 2. The van der Waals surface area contributed by atoms with Gasteiger partial charge in [-0.3, -0.25) is 4.79 Å². The van der Waals surface area contributed by atoms with Crippen molar-refractivity contribution in [2.75, 3.05) is 10.6 Å². The molecule has 0 radical (unpaired) electrons. The van der Waals surface area contributed by atoms with E-state index >= 15 is 0 Å². The summed E-state index contributed by atoms with van der Waals surface area (Å²) in [7, 11) is 0. The zero-order valence-electron chi connectivity index (χ0n) is 12.3. The van der Waals surface area contributed by atoms with Gasteiger partial charge in [0, 0.05) is 21.4 Å². The molecule has 0 saturated carbocycles. The highest BCUT2D eigenvalue weighted by Gasteiger charge is 2.10. The van der Waals surface area contributed by atoms with Crippen molar-refractivity contribution in [3.8, 4) is 0 Å². The van der Waals surface area contributed by atoms with Gasteiger partial charge < -0.3 is 10.6 Å². The van der Waals surface area contributed by atoms with Gasteiger partial charge in [0.05, 0.1) is 0 Å². The van der Waals surface area contributed by atoms with Gasteiger partial charge >= 0.3 is 0 Å². The number of aromatic nitrogens is 2. The molecule has 0 aliphatic carbocycles. The van der Waals surface area contributed by atoms with Crippen LogP contribution in [-0.2, 0) is 0 Å². The van der Waals surface area contributed by atoms with Crippen LogP contribution in [0.5, 0.6) is 0 Å². The molecule has 3 rings (SSSR count). The highest BCUT2D eigenvalue weighted by molar-refractivity contribution is 6.35. The van der Waals surface area contributed by atoms with Crippen LogP contribution in [0.2, 0.25) is 10.0 Å². The van der Waals surface area contributed by atoms with E-state index in [9.17, 15) is 4.79 Å². The second-order valence-electron chi connectivity index (χ2n) is 4.91. The number of nitrogens with zero attached hydrogens (tertiary/aromatic N) is 2. The molecule has 0 aliphatic rings. The average Bonchev–Trinajstić information content (AvgIpc) is 2.55. The second-order valence-corrected chi connectivity index (χ2v) is 5.78. The van der Waals surface area contributed by atoms with E-state index in [2.05, 4.69) is 20.8 Å². The summed E-state index contributed by atoms with van der Waals surface area (Å²) >= 11 is 11.8. The van der Waals surface area contributed by atoms with E-state index in [0.717, 1.165) is 5.69 Å². The van der Waals surface area contributed by atoms with E-state index in [1.807, 2.05) is 30.3 Å². The number of hydrogen-bond acceptors (Lipinski definition) is 4. The molecular formula is C17H12Cl2N4O. The van der Waals surface area contributed by atoms with Crippen molar-refractivity contribution in [2.24, 2.45) is 0 Å². The Bertz CT molecular complexity index is 834. The van der Waals surface area contributed by atoms with Gasteiger partial charge in [-0.2, -0.15) is 0 Å². The van der Waals surface area contributed by atoms with Crippen LogP contribution in [0.3, 0.4) is 0 Å². The van der Waals surface area contributed by atoms with Crippen molar-refractivity contribution < 1.29 is 4.79 Å². The normalized spacial score (nSPS) is 10.2. The first-order valence-corrected chi connectivity index (χ1v) is 7.79. The molecule has 5 nitrogen and oxygen atoms in total. The number of nitrogens with one attached hydrogen (secondary N) is 2. The summed E-state index contributed by atoms with van der Waals surface area (Å²) < 4.78 is 0. The van der Waals surface area contributed by atoms with E-state index in [1.54, 1.807) is 30.3 Å². The van der Waals surface area contributed by atoms with Crippen LogP contribution in [0.1, 0.15) is 10.5 Å². The zero-order valence-corrected chi connectivity index (χ0v) is 13.8. The summed E-state index contributed by atoms with van der Waals surface area (Å²) in [6, 6.07) is 17.6. The van der Waals surface area contributed by atoms with Gasteiger partial charge in [0.2, 0.25) is 0 Å². The number of para-hydroxylation sites is 1. The smallest absolute Gasteiger partial charge is 0.276 e. The van der Waals surface area contributed by atoms with Gasteiger partial charge in [-0.05, 0) is 42.5 Å². The predicted octanol–water partition coefficient (Wildman–Crippen LogP) is 4.78. The fourth-order valence-corrected chi connectivity index (χ4v) is 2.54. The standard InChI is InChI=1S/C17H12Cl2N4O/c18-11-8-12(19)10-14(9-11)21-17(24)15-6-7-16(23-22-15)20-13-4-2-1-3-5-13/h1-10H,(H,20,23)(H,21,24). The van der Waals surface area contributed by atoms with E-state index in [0.29, 0.717) is 21.6 Å². The largest absolute Gasteiger partial charge is 0.339 e. The minimum Gasteiger partial charge on any atom is -0.339 e. The highest BCUT2D eigenvalue weighted by atomic mass is 35.5. The Labute approximate surface area is 148 Å². The lowest BCUT2D eigenvalue weighted by molar-refractivity contribution is 0.102. The van der Waals surface area contributed by atoms with E-state index in [4.69, 9.17) is 23.2 Å². The van der Waals surface area contributed by atoms with Crippen LogP contribution in [0.4, 0.5) is 17.2 Å². The van der Waals surface area contributed by atoms with E-state index in [1.165, 1.54) is 0 Å². The Morgan fingerprint density at radius 2 is 1.54 bits per heavy atom. The van der Waals surface area contributed by atoms with Crippen molar-refractivity contribution in [1.82, 2.24) is 10.2 Å². The molecule has 1 aromatic heterocycles. The van der Waals surface area contributed by atoms with Gasteiger partial charge in [0.25, 0.3) is 5.91 Å². The third kappa shape index (κ3) is 4.22. The minimum absolute atomic E-state index is 0.185. The minimum atomic E-state index is -0.396. The molecule has 0 bridgehead atoms. The molecule has 2 aromatic carbocycles. The number of carbonyl (C=O) groups is 1. The Kier molecular flexibility index (Phi) is 4.93. The van der Waals surface area contributed by atoms with Crippen molar-refractivity contribution >= 4 is 46.3 Å². The highest BCUT2D eigenvalue weighted by Crippen LogP contribution is 2.22. The van der Waals surface area contributed by atoms with Gasteiger partial charge in [-0.1, -0.05) is 41.4 Å². The molecule has 1 heterocycles. The van der Waals surface area contributed by atoms with Crippen molar-refractivity contribution in [2.45, 2.75) is 0 Å². The molecule has 24 heavy (non-hydrogen) atoms. The molecule has 2 N–H and O–H groups in total. The molecule has 3 aromatic rings. The lowest BCUT2D eigenvalue weighted by Gasteiger charge is -2.07. The lowest BCUT2D eigenvalue weighted by atomic mass is 10.3. The zero-order chi connectivity index (χ0) is 16.9. The van der Waals surface area contributed by atoms with Crippen LogP contribution in [-0.4, -0.2) is 16.1 Å². The Balaban J connectivity index is 1.69. The van der Waals surface area contributed by atoms with Gasteiger partial charge in [0.1, 0.15) is 0 Å². The monoisotopic (exact) mass is 358 g/mol. The molecule has 0 fully saturated rings. The summed E-state index contributed by atoms with van der Waals surface area (Å²) in [4.78, 5) is 12.2. The number of carbonyl (C=O) groups excluding carboxylic acids is 1. The molecule has 0 atom stereocenters. The Hall–Kier alpha value is -2.63. The second kappa shape index (κ2) is 7.29. The first kappa shape index (κ1) is 16.2. The van der Waals surface area contributed by atoms with E-state index < -0.39 is 5.91 Å². The summed E-state index contributed by atoms with van der Waals surface area (Å²) in [5.41, 5.74) is 1.56. The molecule has 0 aliphatic heterocycles. The number of benzene rings is 2. The number of hydrogen-bond donors (Lipinski definition) is 2. The molecule has 7 heteroatoms. The Morgan fingerprint density at radius 3 is 2.17 bits per heavy atom. The quantitative estimate of drug-likeness (QED) is 0.704. The van der Waals surface area contributed by atoms with Crippen LogP contribution in [0.15, 0.2) is 60.7 Å². The topological polar surface area (TPSA) is 66.9 Å². The van der Waals surface area contributed by atoms with Crippen LogP contribution >= 0.6 is 23.2 Å². The SMILES string of the molecule is O=C(Nc1cc(Cl)cc(Cl)c1)c1ccc(Nc2ccccc2)nn1.